The summed E-state index contributed by atoms with van der Waals surface area (Å²) in [5.41, 5.74) is 0.117. The summed E-state index contributed by atoms with van der Waals surface area (Å²) in [6.07, 6.45) is 3.06. The molecule has 17 heavy (non-hydrogen) atoms. The van der Waals surface area contributed by atoms with Gasteiger partial charge in [-0.1, -0.05) is 6.07 Å². The first-order chi connectivity index (χ1) is 8.25. The van der Waals surface area contributed by atoms with Gasteiger partial charge in [-0.3, -0.25) is 9.78 Å². The third kappa shape index (κ3) is 1.79. The van der Waals surface area contributed by atoms with Crippen molar-refractivity contribution in [3.63, 3.8) is 0 Å². The highest BCUT2D eigenvalue weighted by molar-refractivity contribution is 9.10. The third-order valence-corrected chi connectivity index (χ3v) is 3.68. The zero-order valence-corrected chi connectivity index (χ0v) is 10.8. The van der Waals surface area contributed by atoms with Crippen molar-refractivity contribution in [2.75, 3.05) is 0 Å². The summed E-state index contributed by atoms with van der Waals surface area (Å²) in [6, 6.07) is 3.73. The van der Waals surface area contributed by atoms with Gasteiger partial charge in [0.25, 0.3) is 5.56 Å². The lowest BCUT2D eigenvalue weighted by molar-refractivity contribution is 0.595. The zero-order valence-electron chi connectivity index (χ0n) is 8.38. The minimum atomic E-state index is -0.316. The highest BCUT2D eigenvalue weighted by Gasteiger charge is 2.11. The fourth-order valence-electron chi connectivity index (χ4n) is 1.48. The van der Waals surface area contributed by atoms with Gasteiger partial charge in [-0.25, -0.2) is 0 Å². The van der Waals surface area contributed by atoms with Gasteiger partial charge in [-0.15, -0.1) is 11.3 Å². The summed E-state index contributed by atoms with van der Waals surface area (Å²) in [4.78, 5) is 20.6. The number of nitrogens with zero attached hydrogens (tertiary/aromatic N) is 2. The molecule has 0 aliphatic carbocycles. The molecule has 0 N–H and O–H groups in total. The lowest BCUT2D eigenvalue weighted by Gasteiger charge is -2.00. The molecule has 0 amide bonds. The normalized spacial score (nSPS) is 10.9. The van der Waals surface area contributed by atoms with Crippen molar-refractivity contribution in [2.45, 2.75) is 0 Å². The Morgan fingerprint density at radius 3 is 3.00 bits per heavy atom. The average Bonchev–Trinajstić information content (AvgIpc) is 2.81. The first-order valence-corrected chi connectivity index (χ1v) is 6.41. The Morgan fingerprint density at radius 2 is 2.24 bits per heavy atom. The van der Waals surface area contributed by atoms with Gasteiger partial charge in [0.1, 0.15) is 5.39 Å². The molecule has 0 saturated carbocycles. The number of halogens is 1. The van der Waals surface area contributed by atoms with Gasteiger partial charge in [0.2, 0.25) is 5.89 Å². The second kappa shape index (κ2) is 4.05. The Kier molecular flexibility index (Phi) is 2.53. The fourth-order valence-corrected chi connectivity index (χ4v) is 2.62. The average molecular weight is 309 g/mol. The van der Waals surface area contributed by atoms with Gasteiger partial charge in [-0.2, -0.15) is 4.98 Å². The van der Waals surface area contributed by atoms with Crippen LogP contribution in [0.15, 0.2) is 43.6 Å². The van der Waals surface area contributed by atoms with E-state index in [0.29, 0.717) is 21.3 Å². The van der Waals surface area contributed by atoms with Crippen LogP contribution in [0.1, 0.15) is 0 Å². The molecule has 0 spiro atoms. The SMILES string of the molecule is O=c1nc(-c2cccs2)oc2cncc(Br)c12. The predicted molar refractivity (Wildman–Crippen MR) is 69.1 cm³/mol. The van der Waals surface area contributed by atoms with Crippen LogP contribution in [0.25, 0.3) is 21.7 Å². The van der Waals surface area contributed by atoms with Crippen molar-refractivity contribution in [1.82, 2.24) is 9.97 Å². The first kappa shape index (κ1) is 10.6. The molecule has 3 aromatic rings. The van der Waals surface area contributed by atoms with Gasteiger partial charge < -0.3 is 4.42 Å². The molecule has 0 radical (unpaired) electrons. The van der Waals surface area contributed by atoms with E-state index in [2.05, 4.69) is 25.9 Å². The molecule has 0 fully saturated rings. The van der Waals surface area contributed by atoms with E-state index in [4.69, 9.17) is 4.42 Å². The van der Waals surface area contributed by atoms with Crippen molar-refractivity contribution in [3.8, 4) is 10.8 Å². The Hall–Kier alpha value is -1.53. The van der Waals surface area contributed by atoms with Crippen LogP contribution >= 0.6 is 27.3 Å². The summed E-state index contributed by atoms with van der Waals surface area (Å²) in [5, 5.41) is 2.32. The highest BCUT2D eigenvalue weighted by Crippen LogP contribution is 2.26. The Morgan fingerprint density at radius 1 is 1.35 bits per heavy atom. The Labute approximate surface area is 108 Å². The lowest BCUT2D eigenvalue weighted by Crippen LogP contribution is -2.07. The van der Waals surface area contributed by atoms with Gasteiger partial charge >= 0.3 is 0 Å². The van der Waals surface area contributed by atoms with E-state index >= 15 is 0 Å². The van der Waals surface area contributed by atoms with E-state index in [9.17, 15) is 4.79 Å². The lowest BCUT2D eigenvalue weighted by atomic mass is 10.3. The maximum absolute atomic E-state index is 11.9. The highest BCUT2D eigenvalue weighted by atomic mass is 79.9. The molecular formula is C11H5BrN2O2S. The molecular weight excluding hydrogens is 304 g/mol. The van der Waals surface area contributed by atoms with Crippen molar-refractivity contribution < 1.29 is 4.42 Å². The number of pyridine rings is 1. The van der Waals surface area contributed by atoms with Crippen LogP contribution in [0.5, 0.6) is 0 Å². The molecule has 0 saturated heterocycles. The number of fused-ring (bicyclic) bond motifs is 1. The molecule has 3 rings (SSSR count). The summed E-state index contributed by atoms with van der Waals surface area (Å²) >= 11 is 4.73. The monoisotopic (exact) mass is 308 g/mol. The van der Waals surface area contributed by atoms with Crippen molar-refractivity contribution in [1.29, 1.82) is 0 Å². The summed E-state index contributed by atoms with van der Waals surface area (Å²) < 4.78 is 6.17. The number of rotatable bonds is 1. The van der Waals surface area contributed by atoms with Crippen molar-refractivity contribution in [3.05, 3.63) is 44.7 Å². The molecule has 6 heteroatoms. The number of thiophene rings is 1. The second-order valence-corrected chi connectivity index (χ2v) is 5.10. The second-order valence-electron chi connectivity index (χ2n) is 3.30. The van der Waals surface area contributed by atoms with Gasteiger partial charge in [0, 0.05) is 6.20 Å². The Balaban J connectivity index is 2.36. The molecule has 4 nitrogen and oxygen atoms in total. The summed E-state index contributed by atoms with van der Waals surface area (Å²) in [5.74, 6) is 0.331. The Bertz CT molecular complexity index is 737. The van der Waals surface area contributed by atoms with Crippen LogP contribution in [0.4, 0.5) is 0 Å². The number of aromatic nitrogens is 2. The van der Waals surface area contributed by atoms with E-state index in [0.717, 1.165) is 4.88 Å². The topological polar surface area (TPSA) is 56.0 Å². The summed E-state index contributed by atoms with van der Waals surface area (Å²) in [7, 11) is 0. The molecule has 0 aliphatic rings. The predicted octanol–water partition coefficient (Wildman–Crippen LogP) is 3.07. The largest absolute Gasteiger partial charge is 0.435 e. The maximum Gasteiger partial charge on any atom is 0.285 e. The van der Waals surface area contributed by atoms with Crippen LogP contribution < -0.4 is 5.56 Å². The standard InChI is InChI=1S/C11H5BrN2O2S/c12-6-4-13-5-7-9(6)10(15)14-11(16-7)8-2-1-3-17-8/h1-5H. The van der Waals surface area contributed by atoms with E-state index in [1.54, 1.807) is 6.20 Å². The van der Waals surface area contributed by atoms with E-state index < -0.39 is 0 Å². The molecule has 0 unspecified atom stereocenters. The smallest absolute Gasteiger partial charge is 0.285 e. The molecule has 3 heterocycles. The minimum Gasteiger partial charge on any atom is -0.435 e. The van der Waals surface area contributed by atoms with Crippen molar-refractivity contribution >= 4 is 38.2 Å². The van der Waals surface area contributed by atoms with E-state index in [-0.39, 0.29) is 5.56 Å². The number of hydrogen-bond acceptors (Lipinski definition) is 5. The maximum atomic E-state index is 11.9. The molecule has 0 aliphatic heterocycles. The number of hydrogen-bond donors (Lipinski definition) is 0. The van der Waals surface area contributed by atoms with Crippen LogP contribution in [-0.4, -0.2) is 9.97 Å². The molecule has 0 atom stereocenters. The van der Waals surface area contributed by atoms with Gasteiger partial charge in [-0.05, 0) is 27.4 Å². The summed E-state index contributed by atoms with van der Waals surface area (Å²) in [6.45, 7) is 0. The molecule has 0 bridgehead atoms. The van der Waals surface area contributed by atoms with Crippen LogP contribution in [0.3, 0.4) is 0 Å². The zero-order chi connectivity index (χ0) is 11.8. The minimum absolute atomic E-state index is 0.316. The van der Waals surface area contributed by atoms with Crippen molar-refractivity contribution in [2.24, 2.45) is 0 Å². The van der Waals surface area contributed by atoms with Gasteiger partial charge in [0.05, 0.1) is 15.5 Å². The van der Waals surface area contributed by atoms with E-state index in [1.165, 1.54) is 17.5 Å². The van der Waals surface area contributed by atoms with E-state index in [1.807, 2.05) is 17.5 Å². The third-order valence-electron chi connectivity index (χ3n) is 2.22. The van der Waals surface area contributed by atoms with Crippen LogP contribution in [0.2, 0.25) is 0 Å². The molecule has 3 aromatic heterocycles. The van der Waals surface area contributed by atoms with Crippen LogP contribution in [0, 0.1) is 0 Å². The van der Waals surface area contributed by atoms with Crippen LogP contribution in [-0.2, 0) is 0 Å². The fraction of sp³-hybridized carbons (Fsp3) is 0. The molecule has 0 aromatic carbocycles. The quantitative estimate of drug-likeness (QED) is 0.693. The first-order valence-electron chi connectivity index (χ1n) is 4.74. The van der Waals surface area contributed by atoms with Gasteiger partial charge in [0.15, 0.2) is 5.58 Å². The molecule has 84 valence electrons.